The molecule has 0 bridgehead atoms. The maximum Gasteiger partial charge on any atom is 0.274 e. The first-order valence-electron chi connectivity index (χ1n) is 6.83. The number of nitrogens with zero attached hydrogens (tertiary/aromatic N) is 2. The molecule has 7 heteroatoms. The second-order valence-corrected chi connectivity index (χ2v) is 5.55. The number of H-pyrrole nitrogens is 1. The van der Waals surface area contributed by atoms with Crippen molar-refractivity contribution in [3.8, 4) is 23.2 Å². The molecule has 0 fully saturated rings. The third kappa shape index (κ3) is 2.43. The average Bonchev–Trinajstić information content (AvgIpc) is 3.13. The Hall–Kier alpha value is -2.86. The molecule has 0 saturated carbocycles. The molecule has 0 atom stereocenters. The predicted molar refractivity (Wildman–Crippen MR) is 85.3 cm³/mol. The molecule has 3 heterocycles. The quantitative estimate of drug-likeness (QED) is 0.605. The van der Waals surface area contributed by atoms with Crippen molar-refractivity contribution in [1.29, 1.82) is 0 Å². The Morgan fingerprint density at radius 1 is 1.22 bits per heavy atom. The van der Waals surface area contributed by atoms with Crippen LogP contribution >= 0.6 is 11.6 Å². The molecule has 1 aromatic carbocycles. The molecule has 4 aromatic rings. The summed E-state index contributed by atoms with van der Waals surface area (Å²) in [5.74, 6) is 0.989. The van der Waals surface area contributed by atoms with Crippen LogP contribution in [-0.2, 0) is 0 Å². The van der Waals surface area contributed by atoms with Crippen molar-refractivity contribution in [3.05, 3.63) is 57.3 Å². The summed E-state index contributed by atoms with van der Waals surface area (Å²) in [5.41, 5.74) is 1.96. The van der Waals surface area contributed by atoms with E-state index in [1.165, 1.54) is 18.3 Å². The fourth-order valence-electron chi connectivity index (χ4n) is 2.40. The van der Waals surface area contributed by atoms with Crippen molar-refractivity contribution >= 4 is 22.6 Å². The Kier molecular flexibility index (Phi) is 3.06. The van der Waals surface area contributed by atoms with Crippen molar-refractivity contribution in [1.82, 2.24) is 15.1 Å². The maximum absolute atomic E-state index is 11.4. The van der Waals surface area contributed by atoms with Crippen molar-refractivity contribution in [2.75, 3.05) is 0 Å². The van der Waals surface area contributed by atoms with Gasteiger partial charge in [0.05, 0.1) is 0 Å². The van der Waals surface area contributed by atoms with Gasteiger partial charge in [0, 0.05) is 28.7 Å². The zero-order valence-electron chi connectivity index (χ0n) is 12.0. The summed E-state index contributed by atoms with van der Waals surface area (Å²) in [6, 6.07) is 8.24. The summed E-state index contributed by atoms with van der Waals surface area (Å²) in [6.45, 7) is 1.91. The summed E-state index contributed by atoms with van der Waals surface area (Å²) in [7, 11) is 0. The average molecular weight is 328 g/mol. The van der Waals surface area contributed by atoms with Gasteiger partial charge in [-0.3, -0.25) is 4.79 Å². The standard InChI is InChI=1S/C16H10ClN3O3/c1-8-4-10(17)5-9-6-13(22-14(8)9)15-19-16(23-20-15)12-7-11(21)2-3-18-12/h2-7H,1H3,(H,18,21). The summed E-state index contributed by atoms with van der Waals surface area (Å²) < 4.78 is 11.0. The lowest BCUT2D eigenvalue weighted by Crippen LogP contribution is -1.97. The number of halogens is 1. The van der Waals surface area contributed by atoms with Crippen LogP contribution in [0.1, 0.15) is 5.56 Å². The number of aromatic nitrogens is 3. The van der Waals surface area contributed by atoms with Gasteiger partial charge in [-0.2, -0.15) is 4.98 Å². The van der Waals surface area contributed by atoms with Crippen molar-refractivity contribution in [2.24, 2.45) is 0 Å². The first-order chi connectivity index (χ1) is 11.1. The van der Waals surface area contributed by atoms with E-state index in [1.54, 1.807) is 6.07 Å². The smallest absolute Gasteiger partial charge is 0.274 e. The molecule has 0 aliphatic carbocycles. The van der Waals surface area contributed by atoms with Crippen LogP contribution < -0.4 is 5.43 Å². The van der Waals surface area contributed by atoms with E-state index in [1.807, 2.05) is 19.1 Å². The topological polar surface area (TPSA) is 84.9 Å². The van der Waals surface area contributed by atoms with Crippen LogP contribution in [0.3, 0.4) is 0 Å². The van der Waals surface area contributed by atoms with Crippen LogP contribution in [0.2, 0.25) is 5.02 Å². The van der Waals surface area contributed by atoms with Gasteiger partial charge < -0.3 is 13.9 Å². The van der Waals surface area contributed by atoms with E-state index in [0.29, 0.717) is 22.3 Å². The van der Waals surface area contributed by atoms with Crippen molar-refractivity contribution < 1.29 is 8.94 Å². The van der Waals surface area contributed by atoms with Crippen LogP contribution in [0.5, 0.6) is 0 Å². The molecule has 6 nitrogen and oxygen atoms in total. The fourth-order valence-corrected chi connectivity index (χ4v) is 2.68. The van der Waals surface area contributed by atoms with Gasteiger partial charge in [0.1, 0.15) is 11.3 Å². The van der Waals surface area contributed by atoms with Crippen LogP contribution in [0.4, 0.5) is 0 Å². The Morgan fingerprint density at radius 3 is 2.91 bits per heavy atom. The largest absolute Gasteiger partial charge is 0.452 e. The summed E-state index contributed by atoms with van der Waals surface area (Å²) in [5, 5.41) is 5.41. The fraction of sp³-hybridized carbons (Fsp3) is 0.0625. The number of pyridine rings is 1. The SMILES string of the molecule is Cc1cc(Cl)cc2cc(-c3noc(-c4cc(=O)cc[nH]4)n3)oc12. The van der Waals surface area contributed by atoms with E-state index in [0.717, 1.165) is 16.5 Å². The van der Waals surface area contributed by atoms with E-state index in [-0.39, 0.29) is 11.3 Å². The Balaban J connectivity index is 1.80. The molecule has 0 amide bonds. The van der Waals surface area contributed by atoms with Gasteiger partial charge in [-0.15, -0.1) is 0 Å². The molecule has 0 saturated heterocycles. The van der Waals surface area contributed by atoms with Gasteiger partial charge in [0.15, 0.2) is 11.2 Å². The molecule has 0 unspecified atom stereocenters. The Morgan fingerprint density at radius 2 is 2.09 bits per heavy atom. The van der Waals surface area contributed by atoms with Gasteiger partial charge in [-0.25, -0.2) is 0 Å². The van der Waals surface area contributed by atoms with E-state index in [2.05, 4.69) is 15.1 Å². The minimum absolute atomic E-state index is 0.146. The van der Waals surface area contributed by atoms with E-state index >= 15 is 0 Å². The highest BCUT2D eigenvalue weighted by Gasteiger charge is 2.16. The summed E-state index contributed by atoms with van der Waals surface area (Å²) >= 11 is 6.05. The number of furan rings is 1. The molecule has 0 spiro atoms. The molecule has 4 rings (SSSR count). The zero-order chi connectivity index (χ0) is 16.0. The highest BCUT2D eigenvalue weighted by Crippen LogP contribution is 2.31. The molecular weight excluding hydrogens is 318 g/mol. The molecule has 114 valence electrons. The number of hydrogen-bond donors (Lipinski definition) is 1. The second kappa shape index (κ2) is 5.10. The number of rotatable bonds is 2. The number of nitrogens with one attached hydrogen (secondary N) is 1. The molecular formula is C16H10ClN3O3. The number of aryl methyl sites for hydroxylation is 1. The van der Waals surface area contributed by atoms with Gasteiger partial charge >= 0.3 is 0 Å². The lowest BCUT2D eigenvalue weighted by Gasteiger charge is -1.94. The molecule has 3 aromatic heterocycles. The Labute approximate surface area is 134 Å². The third-order valence-corrected chi connectivity index (χ3v) is 3.63. The highest BCUT2D eigenvalue weighted by atomic mass is 35.5. The normalized spacial score (nSPS) is 11.2. The summed E-state index contributed by atoms with van der Waals surface area (Å²) in [6.07, 6.45) is 1.52. The number of fused-ring (bicyclic) bond motifs is 1. The van der Waals surface area contributed by atoms with Crippen LogP contribution in [0, 0.1) is 6.92 Å². The lowest BCUT2D eigenvalue weighted by atomic mass is 10.2. The van der Waals surface area contributed by atoms with E-state index < -0.39 is 0 Å². The van der Waals surface area contributed by atoms with E-state index in [4.69, 9.17) is 20.5 Å². The molecule has 1 N–H and O–H groups in total. The van der Waals surface area contributed by atoms with E-state index in [9.17, 15) is 4.79 Å². The monoisotopic (exact) mass is 327 g/mol. The first-order valence-corrected chi connectivity index (χ1v) is 7.21. The first kappa shape index (κ1) is 13.8. The predicted octanol–water partition coefficient (Wildman–Crippen LogP) is 3.80. The minimum Gasteiger partial charge on any atom is -0.452 e. The number of benzene rings is 1. The Bertz CT molecular complexity index is 1080. The minimum atomic E-state index is -0.146. The molecule has 0 radical (unpaired) electrons. The van der Waals surface area contributed by atoms with Gasteiger partial charge in [0.25, 0.3) is 5.89 Å². The van der Waals surface area contributed by atoms with Gasteiger partial charge in [-0.05, 0) is 30.7 Å². The lowest BCUT2D eigenvalue weighted by molar-refractivity contribution is 0.429. The van der Waals surface area contributed by atoms with Gasteiger partial charge in [-0.1, -0.05) is 16.8 Å². The summed E-state index contributed by atoms with van der Waals surface area (Å²) in [4.78, 5) is 18.5. The molecule has 0 aliphatic heterocycles. The third-order valence-electron chi connectivity index (χ3n) is 3.42. The van der Waals surface area contributed by atoms with Crippen molar-refractivity contribution in [3.63, 3.8) is 0 Å². The van der Waals surface area contributed by atoms with Gasteiger partial charge in [0.2, 0.25) is 5.82 Å². The van der Waals surface area contributed by atoms with Crippen LogP contribution in [0.15, 0.2) is 50.3 Å². The molecule has 23 heavy (non-hydrogen) atoms. The van der Waals surface area contributed by atoms with Crippen molar-refractivity contribution in [2.45, 2.75) is 6.92 Å². The number of hydrogen-bond acceptors (Lipinski definition) is 5. The number of aromatic amines is 1. The maximum atomic E-state index is 11.4. The highest BCUT2D eigenvalue weighted by molar-refractivity contribution is 6.31. The molecule has 0 aliphatic rings. The van der Waals surface area contributed by atoms with Crippen LogP contribution in [-0.4, -0.2) is 15.1 Å². The second-order valence-electron chi connectivity index (χ2n) is 5.11. The zero-order valence-corrected chi connectivity index (χ0v) is 12.7. The van der Waals surface area contributed by atoms with Crippen LogP contribution in [0.25, 0.3) is 34.1 Å².